The van der Waals surface area contributed by atoms with Crippen LogP contribution in [0.3, 0.4) is 0 Å². The number of nitrogens with zero attached hydrogens (tertiary/aromatic N) is 1. The molecule has 0 saturated heterocycles. The molecule has 0 bridgehead atoms. The lowest BCUT2D eigenvalue weighted by Crippen LogP contribution is -2.32. The third-order valence-corrected chi connectivity index (χ3v) is 4.03. The number of nitrogens with one attached hydrogen (secondary N) is 1. The van der Waals surface area contributed by atoms with Gasteiger partial charge in [-0.25, -0.2) is 4.98 Å². The normalized spacial score (nSPS) is 15.4. The average Bonchev–Trinajstić information content (AvgIpc) is 2.47. The second-order valence-electron chi connectivity index (χ2n) is 6.69. The molecular formula is C19H22N2O2. The molecule has 23 heavy (non-hydrogen) atoms. The van der Waals surface area contributed by atoms with E-state index in [2.05, 4.69) is 30.2 Å². The molecule has 1 aliphatic heterocycles. The topological polar surface area (TPSA) is 51.2 Å². The fraction of sp³-hybridized carbons (Fsp3) is 0.368. The summed E-state index contributed by atoms with van der Waals surface area (Å²) >= 11 is 0. The molecular weight excluding hydrogens is 288 g/mol. The SMILES string of the molecule is Cc1cccc(NC(=O)Cc2ccc3c(c2)CCC(C)(C)O3)n1. The zero-order chi connectivity index (χ0) is 16.4. The smallest absolute Gasteiger partial charge is 0.229 e. The van der Waals surface area contributed by atoms with E-state index in [1.54, 1.807) is 6.07 Å². The predicted octanol–water partition coefficient (Wildman–Crippen LogP) is 3.67. The van der Waals surface area contributed by atoms with Crippen LogP contribution >= 0.6 is 0 Å². The van der Waals surface area contributed by atoms with Crippen molar-refractivity contribution in [1.29, 1.82) is 0 Å². The number of carbonyl (C=O) groups is 1. The molecule has 0 spiro atoms. The Balaban J connectivity index is 1.68. The van der Waals surface area contributed by atoms with Crippen LogP contribution in [-0.4, -0.2) is 16.5 Å². The van der Waals surface area contributed by atoms with Gasteiger partial charge in [0.25, 0.3) is 0 Å². The van der Waals surface area contributed by atoms with Gasteiger partial charge >= 0.3 is 0 Å². The summed E-state index contributed by atoms with van der Waals surface area (Å²) in [5.74, 6) is 1.48. The molecule has 1 aromatic carbocycles. The average molecular weight is 310 g/mol. The highest BCUT2D eigenvalue weighted by atomic mass is 16.5. The summed E-state index contributed by atoms with van der Waals surface area (Å²) in [4.78, 5) is 16.5. The van der Waals surface area contributed by atoms with Gasteiger partial charge < -0.3 is 10.1 Å². The van der Waals surface area contributed by atoms with Crippen LogP contribution in [0.4, 0.5) is 5.82 Å². The fourth-order valence-electron chi connectivity index (χ4n) is 2.81. The molecule has 0 aliphatic carbocycles. The molecule has 1 N–H and O–H groups in total. The van der Waals surface area contributed by atoms with Crippen LogP contribution in [0, 0.1) is 6.92 Å². The molecule has 1 aromatic heterocycles. The maximum Gasteiger partial charge on any atom is 0.229 e. The summed E-state index contributed by atoms with van der Waals surface area (Å²) in [6, 6.07) is 11.6. The van der Waals surface area contributed by atoms with Crippen molar-refractivity contribution in [3.05, 3.63) is 53.2 Å². The van der Waals surface area contributed by atoms with E-state index in [9.17, 15) is 4.79 Å². The standard InChI is InChI=1S/C19H22N2O2/c1-13-5-4-6-17(20-13)21-18(22)12-14-7-8-16-15(11-14)9-10-19(2,3)23-16/h4-8,11H,9-10,12H2,1-3H3,(H,20,21,22). The van der Waals surface area contributed by atoms with E-state index >= 15 is 0 Å². The van der Waals surface area contributed by atoms with Gasteiger partial charge in [-0.3, -0.25) is 4.79 Å². The van der Waals surface area contributed by atoms with Crippen molar-refractivity contribution in [2.75, 3.05) is 5.32 Å². The fourth-order valence-corrected chi connectivity index (χ4v) is 2.81. The lowest BCUT2D eigenvalue weighted by atomic mass is 9.93. The van der Waals surface area contributed by atoms with Crippen molar-refractivity contribution in [1.82, 2.24) is 4.98 Å². The second-order valence-corrected chi connectivity index (χ2v) is 6.69. The number of rotatable bonds is 3. The number of aryl methyl sites for hydroxylation is 2. The van der Waals surface area contributed by atoms with Crippen molar-refractivity contribution in [3.8, 4) is 5.75 Å². The first-order valence-corrected chi connectivity index (χ1v) is 7.96. The number of hydrogen-bond acceptors (Lipinski definition) is 3. The quantitative estimate of drug-likeness (QED) is 0.941. The number of carbonyl (C=O) groups excluding carboxylic acids is 1. The van der Waals surface area contributed by atoms with E-state index in [0.29, 0.717) is 12.2 Å². The van der Waals surface area contributed by atoms with Gasteiger partial charge in [-0.05, 0) is 62.9 Å². The van der Waals surface area contributed by atoms with Crippen molar-refractivity contribution < 1.29 is 9.53 Å². The van der Waals surface area contributed by atoms with Crippen molar-refractivity contribution in [2.45, 2.75) is 45.6 Å². The highest BCUT2D eigenvalue weighted by Crippen LogP contribution is 2.33. The summed E-state index contributed by atoms with van der Waals surface area (Å²) in [6.07, 6.45) is 2.31. The van der Waals surface area contributed by atoms with Crippen LogP contribution in [-0.2, 0) is 17.6 Å². The van der Waals surface area contributed by atoms with Gasteiger partial charge in [0.1, 0.15) is 17.2 Å². The largest absolute Gasteiger partial charge is 0.488 e. The summed E-state index contributed by atoms with van der Waals surface area (Å²) < 4.78 is 5.98. The predicted molar refractivity (Wildman–Crippen MR) is 90.8 cm³/mol. The van der Waals surface area contributed by atoms with E-state index in [1.165, 1.54) is 5.56 Å². The Bertz CT molecular complexity index is 738. The van der Waals surface area contributed by atoms with E-state index in [0.717, 1.165) is 29.8 Å². The Morgan fingerprint density at radius 2 is 2.13 bits per heavy atom. The van der Waals surface area contributed by atoms with Crippen LogP contribution in [0.1, 0.15) is 37.1 Å². The molecule has 4 nitrogen and oxygen atoms in total. The Hall–Kier alpha value is -2.36. The minimum atomic E-state index is -0.108. The minimum absolute atomic E-state index is 0.0555. The first-order chi connectivity index (χ1) is 10.9. The molecule has 0 fully saturated rings. The maximum atomic E-state index is 12.2. The molecule has 1 aliphatic rings. The van der Waals surface area contributed by atoms with Gasteiger partial charge in [-0.1, -0.05) is 18.2 Å². The molecule has 120 valence electrons. The number of ether oxygens (including phenoxy) is 1. The lowest BCUT2D eigenvalue weighted by Gasteiger charge is -2.32. The molecule has 0 radical (unpaired) electrons. The van der Waals surface area contributed by atoms with Gasteiger partial charge in [0.05, 0.1) is 6.42 Å². The molecule has 4 heteroatoms. The zero-order valence-corrected chi connectivity index (χ0v) is 13.8. The van der Waals surface area contributed by atoms with Crippen LogP contribution < -0.4 is 10.1 Å². The van der Waals surface area contributed by atoms with E-state index in [-0.39, 0.29) is 11.5 Å². The number of hydrogen-bond donors (Lipinski definition) is 1. The molecule has 0 unspecified atom stereocenters. The molecule has 1 amide bonds. The molecule has 3 rings (SSSR count). The number of pyridine rings is 1. The number of amides is 1. The lowest BCUT2D eigenvalue weighted by molar-refractivity contribution is -0.115. The highest BCUT2D eigenvalue weighted by molar-refractivity contribution is 5.91. The highest BCUT2D eigenvalue weighted by Gasteiger charge is 2.26. The molecule has 2 aromatic rings. The summed E-state index contributed by atoms with van der Waals surface area (Å²) in [7, 11) is 0. The Labute approximate surface area is 136 Å². The van der Waals surface area contributed by atoms with Crippen molar-refractivity contribution in [3.63, 3.8) is 0 Å². The second kappa shape index (κ2) is 6.03. The van der Waals surface area contributed by atoms with Crippen LogP contribution in [0.25, 0.3) is 0 Å². The van der Waals surface area contributed by atoms with Gasteiger partial charge in [-0.2, -0.15) is 0 Å². The summed E-state index contributed by atoms with van der Waals surface area (Å²) in [5.41, 5.74) is 2.96. The molecule has 2 heterocycles. The Morgan fingerprint density at radius 1 is 1.30 bits per heavy atom. The van der Waals surface area contributed by atoms with E-state index < -0.39 is 0 Å². The zero-order valence-electron chi connectivity index (χ0n) is 13.8. The molecule has 0 saturated carbocycles. The summed E-state index contributed by atoms with van der Waals surface area (Å²) in [6.45, 7) is 6.11. The minimum Gasteiger partial charge on any atom is -0.488 e. The number of aromatic nitrogens is 1. The van der Waals surface area contributed by atoms with E-state index in [1.807, 2.05) is 31.2 Å². The third-order valence-electron chi connectivity index (χ3n) is 4.03. The van der Waals surface area contributed by atoms with Gasteiger partial charge in [0.15, 0.2) is 0 Å². The third kappa shape index (κ3) is 3.89. The van der Waals surface area contributed by atoms with E-state index in [4.69, 9.17) is 4.74 Å². The Morgan fingerprint density at radius 3 is 2.91 bits per heavy atom. The van der Waals surface area contributed by atoms with Crippen molar-refractivity contribution in [2.24, 2.45) is 0 Å². The number of fused-ring (bicyclic) bond motifs is 1. The van der Waals surface area contributed by atoms with Crippen molar-refractivity contribution >= 4 is 11.7 Å². The number of benzene rings is 1. The van der Waals surface area contributed by atoms with Crippen LogP contribution in [0.15, 0.2) is 36.4 Å². The number of anilines is 1. The molecule has 0 atom stereocenters. The monoisotopic (exact) mass is 310 g/mol. The maximum absolute atomic E-state index is 12.2. The van der Waals surface area contributed by atoms with Crippen LogP contribution in [0.2, 0.25) is 0 Å². The van der Waals surface area contributed by atoms with Gasteiger partial charge in [0.2, 0.25) is 5.91 Å². The summed E-state index contributed by atoms with van der Waals surface area (Å²) in [5, 5.41) is 2.84. The first kappa shape index (κ1) is 15.5. The Kier molecular flexibility index (Phi) is 4.07. The van der Waals surface area contributed by atoms with Gasteiger partial charge in [-0.15, -0.1) is 0 Å². The van der Waals surface area contributed by atoms with Gasteiger partial charge in [0, 0.05) is 5.69 Å². The first-order valence-electron chi connectivity index (χ1n) is 7.96. The van der Waals surface area contributed by atoms with Crippen LogP contribution in [0.5, 0.6) is 5.75 Å².